The molecule has 16 heavy (non-hydrogen) atoms. The molecule has 1 saturated heterocycles. The Balaban J connectivity index is 2.05. The topological polar surface area (TPSA) is 50.7 Å². The van der Waals surface area contributed by atoms with Crippen molar-refractivity contribution < 1.29 is 14.6 Å². The van der Waals surface area contributed by atoms with Gasteiger partial charge in [0.05, 0.1) is 18.8 Å². The van der Waals surface area contributed by atoms with Crippen LogP contribution >= 0.6 is 0 Å². The van der Waals surface area contributed by atoms with Gasteiger partial charge in [0, 0.05) is 13.1 Å². The average Bonchev–Trinajstić information content (AvgIpc) is 2.16. The molecule has 0 aliphatic carbocycles. The van der Waals surface area contributed by atoms with Crippen LogP contribution in [-0.4, -0.2) is 43.8 Å². The Labute approximate surface area is 98.3 Å². The van der Waals surface area contributed by atoms with E-state index in [1.165, 1.54) is 0 Å². The summed E-state index contributed by atoms with van der Waals surface area (Å²) < 4.78 is 10.5. The summed E-state index contributed by atoms with van der Waals surface area (Å²) in [4.78, 5) is 0. The van der Waals surface area contributed by atoms with Crippen LogP contribution in [0.3, 0.4) is 0 Å². The van der Waals surface area contributed by atoms with Crippen molar-refractivity contribution in [3.05, 3.63) is 0 Å². The molecule has 1 aliphatic rings. The van der Waals surface area contributed by atoms with Crippen LogP contribution in [0, 0.1) is 5.41 Å². The maximum absolute atomic E-state index is 9.79. The lowest BCUT2D eigenvalue weighted by molar-refractivity contribution is -0.137. The summed E-state index contributed by atoms with van der Waals surface area (Å²) in [5.74, 6) is 0. The summed E-state index contributed by atoms with van der Waals surface area (Å²) in [6.45, 7) is 9.02. The van der Waals surface area contributed by atoms with Gasteiger partial charge in [0.2, 0.25) is 0 Å². The Morgan fingerprint density at radius 1 is 1.44 bits per heavy atom. The summed E-state index contributed by atoms with van der Waals surface area (Å²) in [7, 11) is 0. The van der Waals surface area contributed by atoms with Crippen LogP contribution in [0.1, 0.15) is 33.6 Å². The van der Waals surface area contributed by atoms with Crippen molar-refractivity contribution in [2.75, 3.05) is 26.5 Å². The van der Waals surface area contributed by atoms with E-state index in [-0.39, 0.29) is 17.6 Å². The fraction of sp³-hybridized carbons (Fsp3) is 1.00. The van der Waals surface area contributed by atoms with Gasteiger partial charge in [-0.1, -0.05) is 20.8 Å². The van der Waals surface area contributed by atoms with E-state index in [4.69, 9.17) is 9.47 Å². The van der Waals surface area contributed by atoms with E-state index in [9.17, 15) is 5.11 Å². The lowest BCUT2D eigenvalue weighted by Crippen LogP contribution is -2.38. The fourth-order valence-electron chi connectivity index (χ4n) is 1.85. The van der Waals surface area contributed by atoms with Gasteiger partial charge in [-0.05, 0) is 18.3 Å². The van der Waals surface area contributed by atoms with Crippen LogP contribution in [0.15, 0.2) is 0 Å². The van der Waals surface area contributed by atoms with Crippen molar-refractivity contribution in [2.45, 2.75) is 45.8 Å². The Bertz CT molecular complexity index is 185. The first-order valence-corrected chi connectivity index (χ1v) is 6.05. The number of aliphatic hydroxyl groups excluding tert-OH is 1. The minimum absolute atomic E-state index is 0.177. The predicted octanol–water partition coefficient (Wildman–Crippen LogP) is 1.14. The molecule has 1 rings (SSSR count). The zero-order valence-corrected chi connectivity index (χ0v) is 10.7. The molecule has 0 spiro atoms. The summed E-state index contributed by atoms with van der Waals surface area (Å²) in [5.41, 5.74) is 0.177. The molecule has 0 amide bonds. The molecule has 1 fully saturated rings. The highest BCUT2D eigenvalue weighted by molar-refractivity contribution is 4.71. The van der Waals surface area contributed by atoms with E-state index in [1.54, 1.807) is 0 Å². The molecule has 0 aromatic rings. The number of ether oxygens (including phenoxy) is 2. The second-order valence-electron chi connectivity index (χ2n) is 5.68. The van der Waals surface area contributed by atoms with E-state index < -0.39 is 0 Å². The normalized spacial score (nSPS) is 24.4. The van der Waals surface area contributed by atoms with Crippen LogP contribution in [0.5, 0.6) is 0 Å². The molecule has 0 aromatic carbocycles. The second-order valence-corrected chi connectivity index (χ2v) is 5.68. The second kappa shape index (κ2) is 6.55. The van der Waals surface area contributed by atoms with Crippen molar-refractivity contribution in [2.24, 2.45) is 5.41 Å². The monoisotopic (exact) mass is 231 g/mol. The van der Waals surface area contributed by atoms with Gasteiger partial charge in [-0.25, -0.2) is 0 Å². The van der Waals surface area contributed by atoms with Crippen LogP contribution in [0.4, 0.5) is 0 Å². The maximum Gasteiger partial charge on any atom is 0.147 e. The molecule has 0 saturated carbocycles. The van der Waals surface area contributed by atoms with Gasteiger partial charge >= 0.3 is 0 Å². The Morgan fingerprint density at radius 3 is 2.75 bits per heavy atom. The molecule has 1 aliphatic heterocycles. The highest BCUT2D eigenvalue weighted by Gasteiger charge is 2.18. The first-order valence-electron chi connectivity index (χ1n) is 6.05. The van der Waals surface area contributed by atoms with Gasteiger partial charge in [0.1, 0.15) is 6.79 Å². The molecular formula is C12H25NO3. The van der Waals surface area contributed by atoms with Gasteiger partial charge < -0.3 is 19.9 Å². The third-order valence-electron chi connectivity index (χ3n) is 2.57. The van der Waals surface area contributed by atoms with Crippen molar-refractivity contribution in [3.8, 4) is 0 Å². The molecule has 4 heteroatoms. The summed E-state index contributed by atoms with van der Waals surface area (Å²) in [5, 5.41) is 13.0. The lowest BCUT2D eigenvalue weighted by atomic mass is 9.89. The summed E-state index contributed by atoms with van der Waals surface area (Å²) >= 11 is 0. The molecule has 4 nitrogen and oxygen atoms in total. The Morgan fingerprint density at radius 2 is 2.19 bits per heavy atom. The van der Waals surface area contributed by atoms with Crippen molar-refractivity contribution in [3.63, 3.8) is 0 Å². The highest BCUT2D eigenvalue weighted by atomic mass is 16.7. The molecule has 2 atom stereocenters. The van der Waals surface area contributed by atoms with Crippen LogP contribution in [0.2, 0.25) is 0 Å². The molecule has 0 radical (unpaired) electrons. The van der Waals surface area contributed by atoms with E-state index in [0.717, 1.165) is 26.0 Å². The van der Waals surface area contributed by atoms with E-state index >= 15 is 0 Å². The first kappa shape index (κ1) is 13.9. The first-order chi connectivity index (χ1) is 7.47. The zero-order valence-electron chi connectivity index (χ0n) is 10.7. The largest absolute Gasteiger partial charge is 0.392 e. The summed E-state index contributed by atoms with van der Waals surface area (Å²) in [6, 6.07) is 0. The minimum Gasteiger partial charge on any atom is -0.392 e. The van der Waals surface area contributed by atoms with Crippen LogP contribution < -0.4 is 5.32 Å². The average molecular weight is 231 g/mol. The molecule has 1 heterocycles. The molecule has 2 N–H and O–H groups in total. The molecule has 0 aromatic heterocycles. The molecule has 96 valence electrons. The fourth-order valence-corrected chi connectivity index (χ4v) is 1.85. The molecule has 2 unspecified atom stereocenters. The van der Waals surface area contributed by atoms with Crippen molar-refractivity contribution >= 4 is 0 Å². The van der Waals surface area contributed by atoms with E-state index in [1.807, 2.05) is 0 Å². The van der Waals surface area contributed by atoms with E-state index in [0.29, 0.717) is 13.3 Å². The lowest BCUT2D eigenvalue weighted by Gasteiger charge is -2.25. The van der Waals surface area contributed by atoms with E-state index in [2.05, 4.69) is 26.1 Å². The predicted molar refractivity (Wildman–Crippen MR) is 63.3 cm³/mol. The third kappa shape index (κ3) is 6.43. The third-order valence-corrected chi connectivity index (χ3v) is 2.57. The standard InChI is InChI=1S/C12H25NO3/c1-12(2,3)6-10(14)7-13-8-11-4-5-15-9-16-11/h10-11,13-14H,4-9H2,1-3H3. The highest BCUT2D eigenvalue weighted by Crippen LogP contribution is 2.20. The van der Waals surface area contributed by atoms with Crippen LogP contribution in [-0.2, 0) is 9.47 Å². The number of hydrogen-bond acceptors (Lipinski definition) is 4. The Kier molecular flexibility index (Phi) is 5.69. The van der Waals surface area contributed by atoms with Gasteiger partial charge in [-0.2, -0.15) is 0 Å². The van der Waals surface area contributed by atoms with Crippen molar-refractivity contribution in [1.82, 2.24) is 5.32 Å². The SMILES string of the molecule is CC(C)(C)CC(O)CNCC1CCOCO1. The molecule has 0 bridgehead atoms. The number of nitrogens with one attached hydrogen (secondary N) is 1. The quantitative estimate of drug-likeness (QED) is 0.745. The van der Waals surface area contributed by atoms with Gasteiger partial charge in [-0.3, -0.25) is 0 Å². The summed E-state index contributed by atoms with van der Waals surface area (Å²) in [6.07, 6.45) is 1.70. The number of rotatable bonds is 5. The number of hydrogen-bond donors (Lipinski definition) is 2. The smallest absolute Gasteiger partial charge is 0.147 e. The Hall–Kier alpha value is -0.160. The zero-order chi connectivity index (χ0) is 12.0. The van der Waals surface area contributed by atoms with Gasteiger partial charge in [-0.15, -0.1) is 0 Å². The van der Waals surface area contributed by atoms with Gasteiger partial charge in [0.15, 0.2) is 0 Å². The van der Waals surface area contributed by atoms with Gasteiger partial charge in [0.25, 0.3) is 0 Å². The molecular weight excluding hydrogens is 206 g/mol. The maximum atomic E-state index is 9.79. The van der Waals surface area contributed by atoms with Crippen molar-refractivity contribution in [1.29, 1.82) is 0 Å². The minimum atomic E-state index is -0.278. The van der Waals surface area contributed by atoms with Crippen LogP contribution in [0.25, 0.3) is 0 Å². The number of aliphatic hydroxyl groups is 1.